The molecule has 0 saturated carbocycles. The Morgan fingerprint density at radius 1 is 1.16 bits per heavy atom. The molecule has 1 atom stereocenters. The van der Waals surface area contributed by atoms with E-state index in [9.17, 15) is 0 Å². The van der Waals surface area contributed by atoms with E-state index in [0.29, 0.717) is 0 Å². The highest BCUT2D eigenvalue weighted by Gasteiger charge is 2.28. The van der Waals surface area contributed by atoms with E-state index in [-0.39, 0.29) is 0 Å². The van der Waals surface area contributed by atoms with Crippen LogP contribution in [0.4, 0.5) is 0 Å². The molecule has 0 radical (unpaired) electrons. The van der Waals surface area contributed by atoms with Crippen LogP contribution in [0.25, 0.3) is 0 Å². The van der Waals surface area contributed by atoms with Crippen LogP contribution < -0.4 is 5.32 Å². The molecule has 2 aliphatic heterocycles. The van der Waals surface area contributed by atoms with Gasteiger partial charge in [-0.15, -0.1) is 0 Å². The lowest BCUT2D eigenvalue weighted by Gasteiger charge is -2.32. The van der Waals surface area contributed by atoms with Gasteiger partial charge in [0.25, 0.3) is 0 Å². The van der Waals surface area contributed by atoms with Crippen LogP contribution in [-0.2, 0) is 4.74 Å². The average molecular weight is 270 g/mol. The van der Waals surface area contributed by atoms with Crippen molar-refractivity contribution in [2.75, 3.05) is 79.7 Å². The van der Waals surface area contributed by atoms with E-state index < -0.39 is 0 Å². The molecule has 0 amide bonds. The summed E-state index contributed by atoms with van der Waals surface area (Å²) in [5.74, 6) is 0. The van der Waals surface area contributed by atoms with Gasteiger partial charge in [-0.2, -0.15) is 0 Å². The van der Waals surface area contributed by atoms with Crippen molar-refractivity contribution in [3.8, 4) is 0 Å². The fourth-order valence-corrected chi connectivity index (χ4v) is 2.92. The van der Waals surface area contributed by atoms with Gasteiger partial charge < -0.3 is 19.9 Å². The fourth-order valence-electron chi connectivity index (χ4n) is 2.92. The number of hydrogen-bond donors (Lipinski definition) is 1. The molecule has 2 saturated heterocycles. The van der Waals surface area contributed by atoms with Crippen LogP contribution in [0.3, 0.4) is 0 Å². The summed E-state index contributed by atoms with van der Waals surface area (Å²) >= 11 is 0. The molecule has 0 aromatic heterocycles. The maximum absolute atomic E-state index is 5.43. The highest BCUT2D eigenvalue weighted by atomic mass is 16.5. The molecule has 2 fully saturated rings. The van der Waals surface area contributed by atoms with Gasteiger partial charge in [0.2, 0.25) is 0 Å². The summed E-state index contributed by atoms with van der Waals surface area (Å²) in [6.07, 6.45) is 1.33. The van der Waals surface area contributed by atoms with E-state index in [2.05, 4.69) is 34.1 Å². The lowest BCUT2D eigenvalue weighted by atomic mass is 10.2. The van der Waals surface area contributed by atoms with E-state index in [1.807, 2.05) is 0 Å². The van der Waals surface area contributed by atoms with E-state index >= 15 is 0 Å². The van der Waals surface area contributed by atoms with Gasteiger partial charge in [-0.3, -0.25) is 4.90 Å². The van der Waals surface area contributed by atoms with Crippen LogP contribution in [0, 0.1) is 0 Å². The van der Waals surface area contributed by atoms with Crippen molar-refractivity contribution in [1.29, 1.82) is 0 Å². The largest absolute Gasteiger partial charge is 0.379 e. The third-order valence-electron chi connectivity index (χ3n) is 4.15. The summed E-state index contributed by atoms with van der Waals surface area (Å²) in [7, 11) is 4.24. The summed E-state index contributed by atoms with van der Waals surface area (Å²) in [4.78, 5) is 7.43. The molecule has 0 aromatic rings. The molecule has 1 N–H and O–H groups in total. The topological polar surface area (TPSA) is 31.0 Å². The van der Waals surface area contributed by atoms with Crippen LogP contribution >= 0.6 is 0 Å². The van der Waals surface area contributed by atoms with Crippen LogP contribution in [0.1, 0.15) is 6.42 Å². The molecule has 0 spiro atoms. The zero-order valence-corrected chi connectivity index (χ0v) is 12.6. The van der Waals surface area contributed by atoms with Crippen LogP contribution in [0.2, 0.25) is 0 Å². The minimum atomic E-state index is 0.769. The second-order valence-corrected chi connectivity index (χ2v) is 5.94. The smallest absolute Gasteiger partial charge is 0.0594 e. The molecule has 2 aliphatic rings. The predicted octanol–water partition coefficient (Wildman–Crippen LogP) is -0.456. The Kier molecular flexibility index (Phi) is 6.53. The second kappa shape index (κ2) is 8.17. The number of morpholine rings is 1. The molecule has 0 bridgehead atoms. The first kappa shape index (κ1) is 15.2. The summed E-state index contributed by atoms with van der Waals surface area (Å²) < 4.78 is 5.43. The molecule has 112 valence electrons. The minimum Gasteiger partial charge on any atom is -0.379 e. The highest BCUT2D eigenvalue weighted by Crippen LogP contribution is 2.16. The summed E-state index contributed by atoms with van der Waals surface area (Å²) in [6.45, 7) is 11.1. The number of nitrogens with zero attached hydrogens (tertiary/aromatic N) is 3. The first-order valence-corrected chi connectivity index (χ1v) is 7.65. The van der Waals surface area contributed by atoms with Crippen molar-refractivity contribution in [2.45, 2.75) is 12.5 Å². The Morgan fingerprint density at radius 3 is 2.68 bits per heavy atom. The molecule has 0 aliphatic carbocycles. The number of likely N-dealkylation sites (N-methyl/N-ethyl adjacent to an activating group) is 1. The Hall–Kier alpha value is -0.200. The van der Waals surface area contributed by atoms with Crippen LogP contribution in [-0.4, -0.2) is 100 Å². The molecule has 19 heavy (non-hydrogen) atoms. The van der Waals surface area contributed by atoms with Gasteiger partial charge in [-0.25, -0.2) is 0 Å². The highest BCUT2D eigenvalue weighted by molar-refractivity contribution is 4.84. The maximum atomic E-state index is 5.43. The average Bonchev–Trinajstić information content (AvgIpc) is 2.88. The first-order chi connectivity index (χ1) is 9.25. The molecule has 1 unspecified atom stereocenters. The van der Waals surface area contributed by atoms with Crippen molar-refractivity contribution in [1.82, 2.24) is 20.0 Å². The van der Waals surface area contributed by atoms with Crippen molar-refractivity contribution < 1.29 is 4.74 Å². The second-order valence-electron chi connectivity index (χ2n) is 5.94. The quantitative estimate of drug-likeness (QED) is 0.633. The predicted molar refractivity (Wildman–Crippen MR) is 78.7 cm³/mol. The number of ether oxygens (including phenoxy) is 1. The number of likely N-dealkylation sites (tertiary alicyclic amines) is 1. The lowest BCUT2D eigenvalue weighted by Crippen LogP contribution is -2.45. The standard InChI is InChI=1S/C14H30N4O/c1-16(2)7-4-15-5-8-17-6-3-14(13-17)18-9-11-19-12-10-18/h14-15H,3-13H2,1-2H3. The zero-order chi connectivity index (χ0) is 13.5. The molecular weight excluding hydrogens is 240 g/mol. The summed E-state index contributed by atoms with van der Waals surface area (Å²) in [5, 5.41) is 3.52. The summed E-state index contributed by atoms with van der Waals surface area (Å²) in [5.41, 5.74) is 0. The Morgan fingerprint density at radius 2 is 1.95 bits per heavy atom. The third-order valence-corrected chi connectivity index (χ3v) is 4.15. The fraction of sp³-hybridized carbons (Fsp3) is 1.00. The molecule has 5 nitrogen and oxygen atoms in total. The third kappa shape index (κ3) is 5.36. The van der Waals surface area contributed by atoms with E-state index in [1.54, 1.807) is 0 Å². The maximum Gasteiger partial charge on any atom is 0.0594 e. The molecular formula is C14H30N4O. The Labute approximate surface area is 117 Å². The zero-order valence-electron chi connectivity index (χ0n) is 12.6. The van der Waals surface area contributed by atoms with Gasteiger partial charge in [0, 0.05) is 51.9 Å². The van der Waals surface area contributed by atoms with Gasteiger partial charge in [0.15, 0.2) is 0 Å². The van der Waals surface area contributed by atoms with Gasteiger partial charge in [0.05, 0.1) is 13.2 Å². The van der Waals surface area contributed by atoms with Gasteiger partial charge >= 0.3 is 0 Å². The number of nitrogens with one attached hydrogen (secondary N) is 1. The van der Waals surface area contributed by atoms with Crippen molar-refractivity contribution in [3.63, 3.8) is 0 Å². The molecule has 0 aromatic carbocycles. The Bertz CT molecular complexity index is 244. The first-order valence-electron chi connectivity index (χ1n) is 7.65. The summed E-state index contributed by atoms with van der Waals surface area (Å²) in [6, 6.07) is 0.769. The normalized spacial score (nSPS) is 26.4. The van der Waals surface area contributed by atoms with E-state index in [1.165, 1.54) is 26.1 Å². The number of rotatable bonds is 7. The number of hydrogen-bond acceptors (Lipinski definition) is 5. The lowest BCUT2D eigenvalue weighted by molar-refractivity contribution is 0.0185. The molecule has 5 heteroatoms. The monoisotopic (exact) mass is 270 g/mol. The SMILES string of the molecule is CN(C)CCNCCN1CCC(N2CCOCC2)C1. The molecule has 2 rings (SSSR count). The van der Waals surface area contributed by atoms with Gasteiger partial charge in [-0.1, -0.05) is 0 Å². The van der Waals surface area contributed by atoms with Gasteiger partial charge in [0.1, 0.15) is 0 Å². The van der Waals surface area contributed by atoms with Crippen LogP contribution in [0.5, 0.6) is 0 Å². The van der Waals surface area contributed by atoms with E-state index in [0.717, 1.165) is 52.0 Å². The van der Waals surface area contributed by atoms with E-state index in [4.69, 9.17) is 4.74 Å². The van der Waals surface area contributed by atoms with Crippen molar-refractivity contribution >= 4 is 0 Å². The van der Waals surface area contributed by atoms with Gasteiger partial charge in [-0.05, 0) is 27.1 Å². The van der Waals surface area contributed by atoms with Crippen LogP contribution in [0.15, 0.2) is 0 Å². The Balaban J connectivity index is 1.54. The van der Waals surface area contributed by atoms with Crippen molar-refractivity contribution in [3.05, 3.63) is 0 Å². The van der Waals surface area contributed by atoms with Crippen molar-refractivity contribution in [2.24, 2.45) is 0 Å². The minimum absolute atomic E-state index is 0.769. The molecule has 2 heterocycles.